The highest BCUT2D eigenvalue weighted by molar-refractivity contribution is 7.19. The molecule has 1 atom stereocenters. The van der Waals surface area contributed by atoms with Crippen LogP contribution < -0.4 is 5.32 Å². The van der Waals surface area contributed by atoms with Gasteiger partial charge >= 0.3 is 0 Å². The zero-order valence-electron chi connectivity index (χ0n) is 10.3. The van der Waals surface area contributed by atoms with Crippen molar-refractivity contribution in [3.05, 3.63) is 59.2 Å². The lowest BCUT2D eigenvalue weighted by atomic mass is 10.1. The normalized spacial score (nSPS) is 12.9. The van der Waals surface area contributed by atoms with Crippen molar-refractivity contribution in [2.45, 2.75) is 13.0 Å². The molecule has 0 aliphatic rings. The van der Waals surface area contributed by atoms with Crippen LogP contribution in [-0.2, 0) is 0 Å². The molecule has 0 spiro atoms. The molecule has 3 heteroatoms. The first kappa shape index (κ1) is 11.5. The van der Waals surface area contributed by atoms with E-state index in [0.717, 1.165) is 6.54 Å². The van der Waals surface area contributed by atoms with Gasteiger partial charge in [0.2, 0.25) is 0 Å². The fourth-order valence-electron chi connectivity index (χ4n) is 2.24. The molecule has 0 saturated heterocycles. The molecule has 92 valence electrons. The number of rotatable bonds is 4. The first-order chi connectivity index (χ1) is 8.88. The SMILES string of the molecule is CCNC(c1ccc[nH]1)c1cc2ccccc2s1. The predicted molar refractivity (Wildman–Crippen MR) is 78.1 cm³/mol. The fourth-order valence-corrected chi connectivity index (χ4v) is 3.40. The average Bonchev–Trinajstić information content (AvgIpc) is 3.04. The van der Waals surface area contributed by atoms with Gasteiger partial charge in [-0.05, 0) is 36.2 Å². The van der Waals surface area contributed by atoms with Crippen molar-refractivity contribution in [3.63, 3.8) is 0 Å². The minimum Gasteiger partial charge on any atom is -0.363 e. The van der Waals surface area contributed by atoms with E-state index in [0.29, 0.717) is 0 Å². The maximum absolute atomic E-state index is 3.54. The third kappa shape index (κ3) is 2.07. The Morgan fingerprint density at radius 1 is 1.22 bits per heavy atom. The zero-order chi connectivity index (χ0) is 12.4. The molecule has 0 bridgehead atoms. The molecule has 0 aliphatic carbocycles. The first-order valence-corrected chi connectivity index (χ1v) is 7.05. The van der Waals surface area contributed by atoms with Crippen LogP contribution in [0.15, 0.2) is 48.7 Å². The summed E-state index contributed by atoms with van der Waals surface area (Å²) in [5.74, 6) is 0. The van der Waals surface area contributed by atoms with E-state index in [1.807, 2.05) is 23.6 Å². The molecule has 2 aromatic heterocycles. The number of fused-ring (bicyclic) bond motifs is 1. The smallest absolute Gasteiger partial charge is 0.0823 e. The molecule has 0 radical (unpaired) electrons. The highest BCUT2D eigenvalue weighted by atomic mass is 32.1. The van der Waals surface area contributed by atoms with Crippen molar-refractivity contribution >= 4 is 21.4 Å². The Balaban J connectivity index is 2.04. The standard InChI is InChI=1S/C15H16N2S/c1-2-16-15(12-7-5-9-17-12)14-10-11-6-3-4-8-13(11)18-14/h3-10,15-17H,2H2,1H3. The van der Waals surface area contributed by atoms with E-state index < -0.39 is 0 Å². The van der Waals surface area contributed by atoms with E-state index in [-0.39, 0.29) is 6.04 Å². The monoisotopic (exact) mass is 256 g/mol. The van der Waals surface area contributed by atoms with Gasteiger partial charge in [0.1, 0.15) is 0 Å². The number of aromatic amines is 1. The number of hydrogen-bond acceptors (Lipinski definition) is 2. The van der Waals surface area contributed by atoms with Crippen LogP contribution in [0.25, 0.3) is 10.1 Å². The molecule has 18 heavy (non-hydrogen) atoms. The van der Waals surface area contributed by atoms with E-state index in [4.69, 9.17) is 0 Å². The van der Waals surface area contributed by atoms with Crippen molar-refractivity contribution in [2.75, 3.05) is 6.54 Å². The number of nitrogens with one attached hydrogen (secondary N) is 2. The molecule has 3 aromatic rings. The molecular formula is C15H16N2S. The van der Waals surface area contributed by atoms with E-state index in [1.165, 1.54) is 20.7 Å². The zero-order valence-corrected chi connectivity index (χ0v) is 11.1. The Labute approximate surface area is 111 Å². The maximum Gasteiger partial charge on any atom is 0.0823 e. The Morgan fingerprint density at radius 3 is 2.83 bits per heavy atom. The molecule has 2 nitrogen and oxygen atoms in total. The lowest BCUT2D eigenvalue weighted by Crippen LogP contribution is -2.21. The van der Waals surface area contributed by atoms with Crippen molar-refractivity contribution in [1.82, 2.24) is 10.3 Å². The molecule has 1 aromatic carbocycles. The number of H-pyrrole nitrogens is 1. The second-order valence-electron chi connectivity index (χ2n) is 4.30. The third-order valence-corrected chi connectivity index (χ3v) is 4.25. The van der Waals surface area contributed by atoms with Gasteiger partial charge in [0.15, 0.2) is 0 Å². The Kier molecular flexibility index (Phi) is 3.17. The van der Waals surface area contributed by atoms with Crippen LogP contribution in [0.3, 0.4) is 0 Å². The fraction of sp³-hybridized carbons (Fsp3) is 0.200. The summed E-state index contributed by atoms with van der Waals surface area (Å²) in [6.45, 7) is 3.10. The van der Waals surface area contributed by atoms with Gasteiger partial charge in [0.05, 0.1) is 6.04 Å². The minimum absolute atomic E-state index is 0.266. The summed E-state index contributed by atoms with van der Waals surface area (Å²) in [5, 5.41) is 4.87. The molecule has 2 heterocycles. The van der Waals surface area contributed by atoms with E-state index >= 15 is 0 Å². The molecule has 1 unspecified atom stereocenters. The van der Waals surface area contributed by atoms with Crippen LogP contribution in [0.1, 0.15) is 23.5 Å². The van der Waals surface area contributed by atoms with Crippen LogP contribution >= 0.6 is 11.3 Å². The molecule has 2 N–H and O–H groups in total. The quantitative estimate of drug-likeness (QED) is 0.727. The summed E-state index contributed by atoms with van der Waals surface area (Å²) in [6.07, 6.45) is 1.98. The van der Waals surface area contributed by atoms with Crippen LogP contribution in [0, 0.1) is 0 Å². The number of hydrogen-bond donors (Lipinski definition) is 2. The minimum atomic E-state index is 0.266. The summed E-state index contributed by atoms with van der Waals surface area (Å²) in [5.41, 5.74) is 1.23. The second-order valence-corrected chi connectivity index (χ2v) is 5.42. The summed E-state index contributed by atoms with van der Waals surface area (Å²) < 4.78 is 1.35. The van der Waals surface area contributed by atoms with Gasteiger partial charge in [-0.3, -0.25) is 0 Å². The molecule has 0 amide bonds. The third-order valence-electron chi connectivity index (χ3n) is 3.07. The predicted octanol–water partition coefficient (Wildman–Crippen LogP) is 3.93. The maximum atomic E-state index is 3.54. The lowest BCUT2D eigenvalue weighted by Gasteiger charge is -2.14. The molecule has 0 aliphatic heterocycles. The van der Waals surface area contributed by atoms with Crippen LogP contribution in [-0.4, -0.2) is 11.5 Å². The van der Waals surface area contributed by atoms with E-state index in [9.17, 15) is 0 Å². The topological polar surface area (TPSA) is 27.8 Å². The number of aromatic nitrogens is 1. The summed E-state index contributed by atoms with van der Waals surface area (Å²) >= 11 is 1.86. The van der Waals surface area contributed by atoms with E-state index in [2.05, 4.69) is 53.6 Å². The number of benzene rings is 1. The average molecular weight is 256 g/mol. The molecular weight excluding hydrogens is 240 g/mol. The van der Waals surface area contributed by atoms with Crippen LogP contribution in [0.5, 0.6) is 0 Å². The Morgan fingerprint density at radius 2 is 2.11 bits per heavy atom. The van der Waals surface area contributed by atoms with Crippen molar-refractivity contribution in [3.8, 4) is 0 Å². The molecule has 0 saturated carbocycles. The van der Waals surface area contributed by atoms with Crippen molar-refractivity contribution < 1.29 is 0 Å². The van der Waals surface area contributed by atoms with Gasteiger partial charge in [0, 0.05) is 21.5 Å². The van der Waals surface area contributed by atoms with Crippen molar-refractivity contribution in [1.29, 1.82) is 0 Å². The first-order valence-electron chi connectivity index (χ1n) is 6.23. The lowest BCUT2D eigenvalue weighted by molar-refractivity contribution is 0.627. The van der Waals surface area contributed by atoms with Crippen LogP contribution in [0.2, 0.25) is 0 Å². The van der Waals surface area contributed by atoms with Crippen LogP contribution in [0.4, 0.5) is 0 Å². The van der Waals surface area contributed by atoms with Gasteiger partial charge < -0.3 is 10.3 Å². The molecule has 3 rings (SSSR count). The van der Waals surface area contributed by atoms with Crippen molar-refractivity contribution in [2.24, 2.45) is 0 Å². The highest BCUT2D eigenvalue weighted by Gasteiger charge is 2.16. The Hall–Kier alpha value is -1.58. The summed E-state index contributed by atoms with van der Waals surface area (Å²) in [4.78, 5) is 4.67. The number of thiophene rings is 1. The van der Waals surface area contributed by atoms with E-state index in [1.54, 1.807) is 0 Å². The van der Waals surface area contributed by atoms with Gasteiger partial charge in [-0.2, -0.15) is 0 Å². The van der Waals surface area contributed by atoms with Gasteiger partial charge in [-0.25, -0.2) is 0 Å². The van der Waals surface area contributed by atoms with Gasteiger partial charge in [-0.1, -0.05) is 25.1 Å². The highest BCUT2D eigenvalue weighted by Crippen LogP contribution is 2.32. The van der Waals surface area contributed by atoms with Gasteiger partial charge in [0.25, 0.3) is 0 Å². The molecule has 0 fully saturated rings. The summed E-state index contributed by atoms with van der Waals surface area (Å²) in [7, 11) is 0. The van der Waals surface area contributed by atoms with Gasteiger partial charge in [-0.15, -0.1) is 11.3 Å². The summed E-state index contributed by atoms with van der Waals surface area (Å²) in [6, 6.07) is 15.3. The Bertz CT molecular complexity index is 592. The second kappa shape index (κ2) is 4.96. The largest absolute Gasteiger partial charge is 0.363 e.